The van der Waals surface area contributed by atoms with Crippen LogP contribution in [0.2, 0.25) is 0 Å². The lowest BCUT2D eigenvalue weighted by Gasteiger charge is -1.98. The van der Waals surface area contributed by atoms with Crippen molar-refractivity contribution in [3.63, 3.8) is 0 Å². The maximum atomic E-state index is 13.0. The molecule has 116 valence electrons. The average molecular weight is 326 g/mol. The molecule has 0 saturated carbocycles. The third-order valence-electron chi connectivity index (χ3n) is 4.09. The first-order valence-electron chi connectivity index (χ1n) is 7.39. The van der Waals surface area contributed by atoms with Crippen molar-refractivity contribution in [1.29, 1.82) is 0 Å². The Hall–Kier alpha value is -2.34. The van der Waals surface area contributed by atoms with Crippen LogP contribution in [0.4, 0.5) is 4.39 Å². The molecule has 0 bridgehead atoms. The topological polar surface area (TPSA) is 43.1 Å². The Labute approximate surface area is 136 Å². The minimum absolute atomic E-state index is 0.233. The maximum Gasteiger partial charge on any atom is 0.168 e. The van der Waals surface area contributed by atoms with Gasteiger partial charge in [0.2, 0.25) is 0 Å². The molecule has 23 heavy (non-hydrogen) atoms. The average Bonchev–Trinajstić information content (AvgIpc) is 3.04. The number of hydrogen-bond donors (Lipinski definition) is 0. The third kappa shape index (κ3) is 2.30. The molecule has 0 unspecified atom stereocenters. The quantitative estimate of drug-likeness (QED) is 0.559. The Morgan fingerprint density at radius 2 is 1.83 bits per heavy atom. The fourth-order valence-electron chi connectivity index (χ4n) is 2.75. The van der Waals surface area contributed by atoms with Crippen molar-refractivity contribution in [1.82, 2.24) is 19.6 Å². The lowest BCUT2D eigenvalue weighted by molar-refractivity contribution is 0.627. The van der Waals surface area contributed by atoms with E-state index in [1.54, 1.807) is 28.0 Å². The Morgan fingerprint density at radius 1 is 1.09 bits per heavy atom. The highest BCUT2D eigenvalue weighted by Gasteiger charge is 2.16. The molecule has 0 fully saturated rings. The lowest BCUT2D eigenvalue weighted by atomic mass is 10.1. The van der Waals surface area contributed by atoms with E-state index < -0.39 is 0 Å². The van der Waals surface area contributed by atoms with Crippen LogP contribution in [-0.2, 0) is 6.42 Å². The van der Waals surface area contributed by atoms with Gasteiger partial charge in [0.25, 0.3) is 0 Å². The van der Waals surface area contributed by atoms with Gasteiger partial charge < -0.3 is 0 Å². The number of nitrogens with zero attached hydrogens (tertiary/aromatic N) is 4. The van der Waals surface area contributed by atoms with Gasteiger partial charge >= 0.3 is 0 Å². The summed E-state index contributed by atoms with van der Waals surface area (Å²) in [5, 5.41) is 5.66. The van der Waals surface area contributed by atoms with Gasteiger partial charge in [-0.3, -0.25) is 0 Å². The minimum Gasteiger partial charge on any atom is -0.222 e. The van der Waals surface area contributed by atoms with Crippen LogP contribution in [0.25, 0.3) is 15.9 Å². The highest BCUT2D eigenvalue weighted by atomic mass is 32.1. The van der Waals surface area contributed by atoms with Crippen LogP contribution < -0.4 is 0 Å². The van der Waals surface area contributed by atoms with Gasteiger partial charge in [-0.2, -0.15) is 4.52 Å². The molecule has 0 radical (unpaired) electrons. The van der Waals surface area contributed by atoms with Crippen molar-refractivity contribution in [2.75, 3.05) is 0 Å². The molecule has 3 aromatic heterocycles. The smallest absolute Gasteiger partial charge is 0.168 e. The Kier molecular flexibility index (Phi) is 3.16. The van der Waals surface area contributed by atoms with E-state index in [1.807, 2.05) is 6.92 Å². The van der Waals surface area contributed by atoms with Crippen LogP contribution in [0.1, 0.15) is 27.7 Å². The molecule has 0 aliphatic rings. The Morgan fingerprint density at radius 3 is 2.57 bits per heavy atom. The van der Waals surface area contributed by atoms with Crippen molar-refractivity contribution < 1.29 is 4.39 Å². The zero-order valence-corrected chi connectivity index (χ0v) is 13.9. The molecule has 0 amide bonds. The molecule has 0 atom stereocenters. The summed E-state index contributed by atoms with van der Waals surface area (Å²) in [4.78, 5) is 11.6. The lowest BCUT2D eigenvalue weighted by Crippen LogP contribution is -1.98. The largest absolute Gasteiger partial charge is 0.222 e. The van der Waals surface area contributed by atoms with Crippen LogP contribution in [-0.4, -0.2) is 19.6 Å². The van der Waals surface area contributed by atoms with Gasteiger partial charge in [-0.25, -0.2) is 14.4 Å². The highest BCUT2D eigenvalue weighted by Crippen LogP contribution is 2.31. The van der Waals surface area contributed by atoms with Gasteiger partial charge in [-0.1, -0.05) is 12.1 Å². The number of aryl methyl sites for hydroxylation is 3. The summed E-state index contributed by atoms with van der Waals surface area (Å²) in [6.45, 7) is 6.13. The van der Waals surface area contributed by atoms with Crippen LogP contribution in [0.3, 0.4) is 0 Å². The van der Waals surface area contributed by atoms with Gasteiger partial charge in [0.1, 0.15) is 16.5 Å². The minimum atomic E-state index is -0.233. The highest BCUT2D eigenvalue weighted by molar-refractivity contribution is 7.18. The van der Waals surface area contributed by atoms with Gasteiger partial charge in [0.15, 0.2) is 11.5 Å². The summed E-state index contributed by atoms with van der Waals surface area (Å²) < 4.78 is 14.8. The molecule has 0 saturated heterocycles. The number of halogens is 1. The van der Waals surface area contributed by atoms with Crippen LogP contribution >= 0.6 is 11.3 Å². The van der Waals surface area contributed by atoms with E-state index in [1.165, 1.54) is 22.6 Å². The van der Waals surface area contributed by atoms with Crippen molar-refractivity contribution in [3.8, 4) is 0 Å². The SMILES string of the molecule is Cc1sc2nc(C)n3nc(Cc4ccc(F)cc4)nc3c2c1C. The molecule has 0 aliphatic carbocycles. The van der Waals surface area contributed by atoms with Crippen molar-refractivity contribution in [2.45, 2.75) is 27.2 Å². The van der Waals surface area contributed by atoms with Gasteiger partial charge in [0.05, 0.1) is 5.39 Å². The normalized spacial score (nSPS) is 11.7. The monoisotopic (exact) mass is 326 g/mol. The maximum absolute atomic E-state index is 13.0. The number of benzene rings is 1. The molecule has 0 aliphatic heterocycles. The predicted molar refractivity (Wildman–Crippen MR) is 89.6 cm³/mol. The third-order valence-corrected chi connectivity index (χ3v) is 5.19. The van der Waals surface area contributed by atoms with E-state index in [2.05, 4.69) is 23.9 Å². The molecule has 1 aromatic carbocycles. The number of hydrogen-bond acceptors (Lipinski definition) is 4. The molecule has 4 rings (SSSR count). The fourth-order valence-corrected chi connectivity index (χ4v) is 3.82. The van der Waals surface area contributed by atoms with Gasteiger partial charge in [-0.15, -0.1) is 16.4 Å². The molecule has 0 N–H and O–H groups in total. The summed E-state index contributed by atoms with van der Waals surface area (Å²) in [6.07, 6.45) is 0.574. The Bertz CT molecular complexity index is 1030. The van der Waals surface area contributed by atoms with E-state index >= 15 is 0 Å². The summed E-state index contributed by atoms with van der Waals surface area (Å²) in [5.41, 5.74) is 3.05. The first-order valence-corrected chi connectivity index (χ1v) is 8.21. The number of thiophene rings is 1. The van der Waals surface area contributed by atoms with E-state index in [0.717, 1.165) is 33.1 Å². The Balaban J connectivity index is 1.88. The second kappa shape index (κ2) is 5.09. The van der Waals surface area contributed by atoms with Crippen molar-refractivity contribution in [3.05, 3.63) is 57.7 Å². The predicted octanol–water partition coefficient (Wildman–Crippen LogP) is 3.99. The summed E-state index contributed by atoms with van der Waals surface area (Å²) >= 11 is 1.69. The number of rotatable bonds is 2. The van der Waals surface area contributed by atoms with E-state index in [4.69, 9.17) is 4.98 Å². The van der Waals surface area contributed by atoms with Crippen LogP contribution in [0.5, 0.6) is 0 Å². The molecule has 4 nitrogen and oxygen atoms in total. The molecule has 4 aromatic rings. The van der Waals surface area contributed by atoms with E-state index in [-0.39, 0.29) is 5.82 Å². The fraction of sp³-hybridized carbons (Fsp3) is 0.235. The molecular formula is C17H15FN4S. The molecule has 6 heteroatoms. The van der Waals surface area contributed by atoms with Crippen molar-refractivity contribution >= 4 is 27.2 Å². The number of fused-ring (bicyclic) bond motifs is 3. The van der Waals surface area contributed by atoms with Crippen LogP contribution in [0.15, 0.2) is 24.3 Å². The summed E-state index contributed by atoms with van der Waals surface area (Å²) in [6, 6.07) is 6.45. The molecule has 3 heterocycles. The second-order valence-corrected chi connectivity index (χ2v) is 6.89. The standard InChI is InChI=1S/C17H15FN4S/c1-9-10(2)23-17-15(9)16-20-14(21-22(16)11(3)19-17)8-12-4-6-13(18)7-5-12/h4-7H,8H2,1-3H3. The first kappa shape index (κ1) is 14.3. The zero-order chi connectivity index (χ0) is 16.1. The van der Waals surface area contributed by atoms with E-state index in [9.17, 15) is 4.39 Å². The van der Waals surface area contributed by atoms with Gasteiger partial charge in [-0.05, 0) is 44.0 Å². The summed E-state index contributed by atoms with van der Waals surface area (Å²) in [5.74, 6) is 1.31. The van der Waals surface area contributed by atoms with Crippen LogP contribution in [0, 0.1) is 26.6 Å². The molecular weight excluding hydrogens is 311 g/mol. The second-order valence-electron chi connectivity index (χ2n) is 5.69. The first-order chi connectivity index (χ1) is 11.0. The zero-order valence-electron chi connectivity index (χ0n) is 13.1. The van der Waals surface area contributed by atoms with Crippen molar-refractivity contribution in [2.24, 2.45) is 0 Å². The summed E-state index contributed by atoms with van der Waals surface area (Å²) in [7, 11) is 0. The van der Waals surface area contributed by atoms with E-state index in [0.29, 0.717) is 6.42 Å². The number of aromatic nitrogens is 4. The van der Waals surface area contributed by atoms with Gasteiger partial charge in [0, 0.05) is 11.3 Å². The molecule has 0 spiro atoms.